The van der Waals surface area contributed by atoms with Crippen molar-refractivity contribution < 1.29 is 9.47 Å². The molecule has 0 aliphatic heterocycles. The Morgan fingerprint density at radius 1 is 1.14 bits per heavy atom. The average molecular weight is 267 g/mol. The normalized spacial score (nSPS) is 15.6. The lowest BCUT2D eigenvalue weighted by Gasteiger charge is -2.38. The van der Waals surface area contributed by atoms with Crippen LogP contribution in [-0.2, 0) is 9.47 Å². The Balaban J connectivity index is 4.45. The predicted octanol–water partition coefficient (Wildman–Crippen LogP) is 3.24. The summed E-state index contributed by atoms with van der Waals surface area (Å²) < 4.78 is 10.9. The van der Waals surface area contributed by atoms with Gasteiger partial charge in [0.05, 0.1) is 11.7 Å². The maximum absolute atomic E-state index is 5.45. The Morgan fingerprint density at radius 2 is 1.64 bits per heavy atom. The van der Waals surface area contributed by atoms with E-state index in [-0.39, 0.29) is 17.1 Å². The van der Waals surface area contributed by atoms with Crippen LogP contribution in [0.4, 0.5) is 0 Å². The van der Waals surface area contributed by atoms with Crippen LogP contribution in [0.15, 0.2) is 0 Å². The number of hydrogen-bond donors (Lipinski definition) is 0. The molecule has 0 heterocycles. The molecular weight excluding hydrogens is 244 g/mol. The SMILES string of the molecule is CO[C@H](CBr)C(C)(C)CC(C)(C)OC. The Kier molecular flexibility index (Phi) is 5.63. The van der Waals surface area contributed by atoms with Gasteiger partial charge in [-0.25, -0.2) is 0 Å². The van der Waals surface area contributed by atoms with Gasteiger partial charge in [-0.15, -0.1) is 0 Å². The van der Waals surface area contributed by atoms with Crippen LogP contribution in [0.25, 0.3) is 0 Å². The fourth-order valence-electron chi connectivity index (χ4n) is 1.87. The molecule has 0 fully saturated rings. The van der Waals surface area contributed by atoms with Crippen molar-refractivity contribution in [2.24, 2.45) is 5.41 Å². The van der Waals surface area contributed by atoms with Crippen molar-refractivity contribution in [3.8, 4) is 0 Å². The topological polar surface area (TPSA) is 18.5 Å². The third-order valence-corrected chi connectivity index (χ3v) is 3.32. The molecule has 0 aromatic carbocycles. The van der Waals surface area contributed by atoms with Gasteiger partial charge >= 0.3 is 0 Å². The first-order valence-corrected chi connectivity index (χ1v) is 6.05. The highest BCUT2D eigenvalue weighted by Gasteiger charge is 2.35. The highest BCUT2D eigenvalue weighted by molar-refractivity contribution is 9.09. The Labute approximate surface area is 96.5 Å². The van der Waals surface area contributed by atoms with E-state index in [1.165, 1.54) is 0 Å². The largest absolute Gasteiger partial charge is 0.380 e. The molecule has 0 aromatic heterocycles. The number of halogens is 1. The monoisotopic (exact) mass is 266 g/mol. The lowest BCUT2D eigenvalue weighted by molar-refractivity contribution is -0.0556. The fourth-order valence-corrected chi connectivity index (χ4v) is 3.01. The second-order valence-electron chi connectivity index (χ2n) is 5.01. The van der Waals surface area contributed by atoms with Crippen molar-refractivity contribution in [1.82, 2.24) is 0 Å². The van der Waals surface area contributed by atoms with Crippen LogP contribution in [0.3, 0.4) is 0 Å². The summed E-state index contributed by atoms with van der Waals surface area (Å²) in [6, 6.07) is 0. The molecule has 0 N–H and O–H groups in total. The number of hydrogen-bond acceptors (Lipinski definition) is 2. The second-order valence-corrected chi connectivity index (χ2v) is 5.66. The van der Waals surface area contributed by atoms with Crippen molar-refractivity contribution in [2.75, 3.05) is 19.5 Å². The van der Waals surface area contributed by atoms with Crippen LogP contribution in [-0.4, -0.2) is 31.3 Å². The lowest BCUT2D eigenvalue weighted by atomic mass is 9.78. The number of ether oxygens (including phenoxy) is 2. The van der Waals surface area contributed by atoms with Crippen molar-refractivity contribution in [3.63, 3.8) is 0 Å². The quantitative estimate of drug-likeness (QED) is 0.688. The van der Waals surface area contributed by atoms with Gasteiger partial charge < -0.3 is 9.47 Å². The van der Waals surface area contributed by atoms with E-state index in [4.69, 9.17) is 9.47 Å². The van der Waals surface area contributed by atoms with E-state index >= 15 is 0 Å². The van der Waals surface area contributed by atoms with Gasteiger partial charge in [-0.05, 0) is 25.7 Å². The van der Waals surface area contributed by atoms with E-state index in [2.05, 4.69) is 43.6 Å². The number of alkyl halides is 1. The molecule has 0 radical (unpaired) electrons. The van der Waals surface area contributed by atoms with Crippen molar-refractivity contribution in [1.29, 1.82) is 0 Å². The summed E-state index contributed by atoms with van der Waals surface area (Å²) in [4.78, 5) is 0. The standard InChI is InChI=1S/C11H23BrO2/c1-10(2,9(7-12)13-5)8-11(3,4)14-6/h9H,7-8H2,1-6H3/t9-/m1/s1. The highest BCUT2D eigenvalue weighted by atomic mass is 79.9. The molecule has 14 heavy (non-hydrogen) atoms. The third kappa shape index (κ3) is 4.28. The van der Waals surface area contributed by atoms with Crippen molar-refractivity contribution in [3.05, 3.63) is 0 Å². The summed E-state index contributed by atoms with van der Waals surface area (Å²) in [7, 11) is 3.51. The molecule has 0 aliphatic rings. The summed E-state index contributed by atoms with van der Waals surface area (Å²) in [6.07, 6.45) is 1.19. The molecule has 3 heteroatoms. The van der Waals surface area contributed by atoms with E-state index < -0.39 is 0 Å². The molecule has 0 rings (SSSR count). The molecule has 2 nitrogen and oxygen atoms in total. The Morgan fingerprint density at radius 3 is 1.93 bits per heavy atom. The zero-order valence-corrected chi connectivity index (χ0v) is 11.8. The van der Waals surface area contributed by atoms with Crippen molar-refractivity contribution >= 4 is 15.9 Å². The fraction of sp³-hybridized carbons (Fsp3) is 1.00. The average Bonchev–Trinajstić information content (AvgIpc) is 2.04. The zero-order valence-electron chi connectivity index (χ0n) is 10.2. The third-order valence-electron chi connectivity index (χ3n) is 2.73. The molecule has 0 aromatic rings. The van der Waals surface area contributed by atoms with E-state index in [0.29, 0.717) is 0 Å². The van der Waals surface area contributed by atoms with E-state index in [9.17, 15) is 0 Å². The van der Waals surface area contributed by atoms with Crippen LogP contribution < -0.4 is 0 Å². The molecule has 86 valence electrons. The van der Waals surface area contributed by atoms with E-state index in [1.807, 2.05) is 0 Å². The van der Waals surface area contributed by atoms with Gasteiger partial charge in [0, 0.05) is 19.5 Å². The number of methoxy groups -OCH3 is 2. The summed E-state index contributed by atoms with van der Waals surface area (Å²) >= 11 is 3.48. The molecule has 0 bridgehead atoms. The van der Waals surface area contributed by atoms with Crippen LogP contribution in [0, 0.1) is 5.41 Å². The smallest absolute Gasteiger partial charge is 0.0719 e. The van der Waals surface area contributed by atoms with E-state index in [0.717, 1.165) is 11.8 Å². The van der Waals surface area contributed by atoms with Gasteiger partial charge in [-0.2, -0.15) is 0 Å². The summed E-state index contributed by atoms with van der Waals surface area (Å²) in [6.45, 7) is 8.64. The van der Waals surface area contributed by atoms with Gasteiger partial charge in [0.1, 0.15) is 0 Å². The summed E-state index contributed by atoms with van der Waals surface area (Å²) in [5.41, 5.74) is 0.0141. The highest BCUT2D eigenvalue weighted by Crippen LogP contribution is 2.34. The first-order valence-electron chi connectivity index (χ1n) is 4.93. The van der Waals surface area contributed by atoms with Gasteiger partial charge in [-0.1, -0.05) is 29.8 Å². The van der Waals surface area contributed by atoms with Gasteiger partial charge in [0.2, 0.25) is 0 Å². The number of rotatable bonds is 6. The molecule has 0 amide bonds. The first-order chi connectivity index (χ1) is 6.29. The minimum absolute atomic E-state index is 0.0948. The second kappa shape index (κ2) is 5.47. The van der Waals surface area contributed by atoms with Crippen LogP contribution in [0.1, 0.15) is 34.1 Å². The van der Waals surface area contributed by atoms with Gasteiger partial charge in [0.25, 0.3) is 0 Å². The molecule has 0 saturated heterocycles. The lowest BCUT2D eigenvalue weighted by Crippen LogP contribution is -2.39. The van der Waals surface area contributed by atoms with Crippen LogP contribution >= 0.6 is 15.9 Å². The molecule has 0 saturated carbocycles. The molecular formula is C11H23BrO2. The van der Waals surface area contributed by atoms with Gasteiger partial charge in [0.15, 0.2) is 0 Å². The Bertz CT molecular complexity index is 163. The zero-order chi connectivity index (χ0) is 11.4. The van der Waals surface area contributed by atoms with Crippen molar-refractivity contribution in [2.45, 2.75) is 45.8 Å². The van der Waals surface area contributed by atoms with Crippen LogP contribution in [0.2, 0.25) is 0 Å². The molecule has 0 spiro atoms. The summed E-state index contributed by atoms with van der Waals surface area (Å²) in [5, 5.41) is 0.857. The minimum Gasteiger partial charge on any atom is -0.380 e. The maximum atomic E-state index is 5.45. The molecule has 1 atom stereocenters. The molecule has 0 aliphatic carbocycles. The van der Waals surface area contributed by atoms with Gasteiger partial charge in [-0.3, -0.25) is 0 Å². The summed E-state index contributed by atoms with van der Waals surface area (Å²) in [5.74, 6) is 0. The molecule has 0 unspecified atom stereocenters. The first kappa shape index (κ1) is 14.4. The van der Waals surface area contributed by atoms with E-state index in [1.54, 1.807) is 14.2 Å². The minimum atomic E-state index is -0.0948. The van der Waals surface area contributed by atoms with Crippen LogP contribution in [0.5, 0.6) is 0 Å². The Hall–Kier alpha value is 0.400. The maximum Gasteiger partial charge on any atom is 0.0719 e. The predicted molar refractivity (Wildman–Crippen MR) is 64.1 cm³/mol.